The molecule has 0 spiro atoms. The molecule has 1 saturated heterocycles. The van der Waals surface area contributed by atoms with Crippen LogP contribution in [0.15, 0.2) is 42.5 Å². The van der Waals surface area contributed by atoms with Gasteiger partial charge in [0.2, 0.25) is 0 Å². The molecule has 1 unspecified atom stereocenters. The summed E-state index contributed by atoms with van der Waals surface area (Å²) >= 11 is 12.3. The van der Waals surface area contributed by atoms with Crippen LogP contribution in [0.4, 0.5) is 13.2 Å². The molecule has 1 aliphatic rings. The molecule has 8 heteroatoms. The zero-order chi connectivity index (χ0) is 22.8. The Bertz CT molecular complexity index is 897. The van der Waals surface area contributed by atoms with Crippen molar-refractivity contribution < 1.29 is 18.3 Å². The Kier molecular flexibility index (Phi) is 7.59. The summed E-state index contributed by atoms with van der Waals surface area (Å²) in [5.74, 6) is 0. The lowest BCUT2D eigenvalue weighted by molar-refractivity contribution is -0.137. The lowest BCUT2D eigenvalue weighted by atomic mass is 9.82. The number of rotatable bonds is 6. The van der Waals surface area contributed by atoms with E-state index in [0.29, 0.717) is 41.5 Å². The van der Waals surface area contributed by atoms with Crippen molar-refractivity contribution in [3.05, 3.63) is 69.2 Å². The third kappa shape index (κ3) is 5.93. The first-order chi connectivity index (χ1) is 14.5. The molecule has 31 heavy (non-hydrogen) atoms. The van der Waals surface area contributed by atoms with Gasteiger partial charge in [-0.1, -0.05) is 41.4 Å². The first-order valence-electron chi connectivity index (χ1n) is 10.2. The van der Waals surface area contributed by atoms with E-state index in [2.05, 4.69) is 9.80 Å². The Morgan fingerprint density at radius 2 is 1.74 bits per heavy atom. The number of aliphatic hydroxyl groups is 1. The Labute approximate surface area is 191 Å². The molecule has 0 aliphatic carbocycles. The van der Waals surface area contributed by atoms with E-state index in [0.717, 1.165) is 30.7 Å². The second-order valence-corrected chi connectivity index (χ2v) is 9.24. The van der Waals surface area contributed by atoms with Crippen LogP contribution in [-0.2, 0) is 11.8 Å². The molecule has 2 aromatic carbocycles. The molecule has 170 valence electrons. The molecule has 3 nitrogen and oxygen atoms in total. The number of halogens is 5. The van der Waals surface area contributed by atoms with Crippen LogP contribution < -0.4 is 0 Å². The normalized spacial score (nSPS) is 18.4. The van der Waals surface area contributed by atoms with E-state index in [1.54, 1.807) is 12.1 Å². The van der Waals surface area contributed by atoms with Crippen LogP contribution in [0, 0.1) is 0 Å². The third-order valence-corrected chi connectivity index (χ3v) is 6.71. The number of likely N-dealkylation sites (tertiary alicyclic amines) is 1. The largest absolute Gasteiger partial charge is 0.416 e. The van der Waals surface area contributed by atoms with Crippen molar-refractivity contribution >= 4 is 23.2 Å². The summed E-state index contributed by atoms with van der Waals surface area (Å²) in [6, 6.07) is 10.7. The molecule has 0 amide bonds. The molecule has 3 rings (SSSR count). The van der Waals surface area contributed by atoms with E-state index in [1.165, 1.54) is 6.07 Å². The van der Waals surface area contributed by atoms with Gasteiger partial charge in [-0.25, -0.2) is 0 Å². The first-order valence-corrected chi connectivity index (χ1v) is 11.0. The number of hydrogen-bond acceptors (Lipinski definition) is 3. The summed E-state index contributed by atoms with van der Waals surface area (Å²) in [5.41, 5.74) is -0.649. The maximum Gasteiger partial charge on any atom is 0.416 e. The number of hydrogen-bond donors (Lipinski definition) is 1. The minimum atomic E-state index is -4.43. The van der Waals surface area contributed by atoms with Gasteiger partial charge in [0.15, 0.2) is 0 Å². The van der Waals surface area contributed by atoms with Crippen LogP contribution in [0.1, 0.15) is 42.0 Å². The lowest BCUT2D eigenvalue weighted by Gasteiger charge is -2.42. The van der Waals surface area contributed by atoms with Gasteiger partial charge < -0.3 is 10.0 Å². The Morgan fingerprint density at radius 1 is 1.06 bits per heavy atom. The van der Waals surface area contributed by atoms with Crippen molar-refractivity contribution in [2.24, 2.45) is 0 Å². The zero-order valence-corrected chi connectivity index (χ0v) is 19.1. The van der Waals surface area contributed by atoms with Crippen LogP contribution in [0.5, 0.6) is 0 Å². The fourth-order valence-electron chi connectivity index (χ4n) is 4.14. The molecule has 2 aromatic rings. The first kappa shape index (κ1) is 24.3. The van der Waals surface area contributed by atoms with Crippen molar-refractivity contribution in [2.75, 3.05) is 33.7 Å². The van der Waals surface area contributed by atoms with Crippen molar-refractivity contribution in [3.63, 3.8) is 0 Å². The van der Waals surface area contributed by atoms with Gasteiger partial charge in [0, 0.05) is 19.1 Å². The quantitative estimate of drug-likeness (QED) is 0.556. The standard InChI is InChI=1S/C23H27Cl2F3N2O/c1-29(2)11-8-21(16-6-7-19(24)20(25)14-16)30-12-9-22(31,10-13-30)17-4-3-5-18(15-17)23(26,27)28/h3-7,14-15,21,31H,8-13H2,1-2H3. The third-order valence-electron chi connectivity index (χ3n) is 5.97. The molecule has 0 radical (unpaired) electrons. The van der Waals surface area contributed by atoms with Crippen LogP contribution in [0.25, 0.3) is 0 Å². The molecule has 1 aliphatic heterocycles. The summed E-state index contributed by atoms with van der Waals surface area (Å²) in [6.45, 7) is 1.98. The van der Waals surface area contributed by atoms with Crippen molar-refractivity contribution in [3.8, 4) is 0 Å². The highest BCUT2D eigenvalue weighted by atomic mass is 35.5. The van der Waals surface area contributed by atoms with Gasteiger partial charge in [0.05, 0.1) is 21.2 Å². The van der Waals surface area contributed by atoms with Gasteiger partial charge >= 0.3 is 6.18 Å². The second kappa shape index (κ2) is 9.67. The van der Waals surface area contributed by atoms with Gasteiger partial charge in [0.25, 0.3) is 0 Å². The fourth-order valence-corrected chi connectivity index (χ4v) is 4.45. The van der Waals surface area contributed by atoms with Crippen molar-refractivity contribution in [2.45, 2.75) is 37.1 Å². The van der Waals surface area contributed by atoms with E-state index in [9.17, 15) is 18.3 Å². The Hall–Kier alpha value is -1.31. The van der Waals surface area contributed by atoms with Gasteiger partial charge in [-0.05, 0) is 75.3 Å². The Morgan fingerprint density at radius 3 is 2.32 bits per heavy atom. The van der Waals surface area contributed by atoms with Crippen molar-refractivity contribution in [1.29, 1.82) is 0 Å². The summed E-state index contributed by atoms with van der Waals surface area (Å²) < 4.78 is 39.3. The molecule has 1 atom stereocenters. The zero-order valence-electron chi connectivity index (χ0n) is 17.6. The van der Waals surface area contributed by atoms with E-state index < -0.39 is 17.3 Å². The average molecular weight is 475 g/mol. The smallest absolute Gasteiger partial charge is 0.385 e. The van der Waals surface area contributed by atoms with Gasteiger partial charge in [0.1, 0.15) is 0 Å². The SMILES string of the molecule is CN(C)CCC(c1ccc(Cl)c(Cl)c1)N1CCC(O)(c2cccc(C(F)(F)F)c2)CC1. The summed E-state index contributed by atoms with van der Waals surface area (Å²) in [6.07, 6.45) is -2.87. The van der Waals surface area contributed by atoms with E-state index >= 15 is 0 Å². The molecule has 0 bridgehead atoms. The summed E-state index contributed by atoms with van der Waals surface area (Å²) in [5, 5.41) is 12.1. The molecule has 0 saturated carbocycles. The number of nitrogens with zero attached hydrogens (tertiary/aromatic N) is 2. The van der Waals surface area contributed by atoms with Gasteiger partial charge in [-0.3, -0.25) is 4.90 Å². The van der Waals surface area contributed by atoms with Gasteiger partial charge in [-0.15, -0.1) is 0 Å². The maximum absolute atomic E-state index is 13.1. The summed E-state index contributed by atoms with van der Waals surface area (Å²) in [7, 11) is 4.02. The van der Waals surface area contributed by atoms with Gasteiger partial charge in [-0.2, -0.15) is 13.2 Å². The van der Waals surface area contributed by atoms with Crippen molar-refractivity contribution in [1.82, 2.24) is 9.80 Å². The fraction of sp³-hybridized carbons (Fsp3) is 0.478. The predicted molar refractivity (Wildman–Crippen MR) is 119 cm³/mol. The molecular formula is C23H27Cl2F3N2O. The highest BCUT2D eigenvalue weighted by Gasteiger charge is 2.38. The maximum atomic E-state index is 13.1. The van der Waals surface area contributed by atoms with Crippen LogP contribution >= 0.6 is 23.2 Å². The molecular weight excluding hydrogens is 448 g/mol. The minimum Gasteiger partial charge on any atom is -0.385 e. The number of alkyl halides is 3. The van der Waals surface area contributed by atoms with E-state index in [4.69, 9.17) is 23.2 Å². The molecule has 1 N–H and O–H groups in total. The van der Waals surface area contributed by atoms with E-state index in [1.807, 2.05) is 26.2 Å². The highest BCUT2D eigenvalue weighted by molar-refractivity contribution is 6.42. The van der Waals surface area contributed by atoms with Crippen LogP contribution in [0.2, 0.25) is 10.0 Å². The summed E-state index contributed by atoms with van der Waals surface area (Å²) in [4.78, 5) is 4.37. The van der Waals surface area contributed by atoms with E-state index in [-0.39, 0.29) is 6.04 Å². The lowest BCUT2D eigenvalue weighted by Crippen LogP contribution is -2.44. The number of benzene rings is 2. The highest BCUT2D eigenvalue weighted by Crippen LogP contribution is 2.39. The van der Waals surface area contributed by atoms with Crippen LogP contribution in [0.3, 0.4) is 0 Å². The topological polar surface area (TPSA) is 26.7 Å². The minimum absolute atomic E-state index is 0.0724. The predicted octanol–water partition coefficient (Wildman–Crippen LogP) is 5.99. The molecule has 1 heterocycles. The monoisotopic (exact) mass is 474 g/mol. The Balaban J connectivity index is 1.79. The molecule has 1 fully saturated rings. The molecule has 0 aromatic heterocycles. The second-order valence-electron chi connectivity index (χ2n) is 8.43. The van der Waals surface area contributed by atoms with Crippen LogP contribution in [-0.4, -0.2) is 48.6 Å². The average Bonchev–Trinajstić information content (AvgIpc) is 2.71. The number of piperidine rings is 1.